The van der Waals surface area contributed by atoms with Gasteiger partial charge >= 0.3 is 0 Å². The molecule has 1 nitrogen and oxygen atoms in total. The third-order valence-electron chi connectivity index (χ3n) is 5.50. The summed E-state index contributed by atoms with van der Waals surface area (Å²) in [5.41, 5.74) is 1.35. The Balaban J connectivity index is 1.41. The lowest BCUT2D eigenvalue weighted by Crippen LogP contribution is -2.46. The van der Waals surface area contributed by atoms with E-state index >= 15 is 0 Å². The molecule has 2 heteroatoms. The SMILES string of the molecule is CCCC1CCC(NC2CC(c3ccccc3Cl)C2)CC1. The average molecular weight is 306 g/mol. The topological polar surface area (TPSA) is 12.0 Å². The third-order valence-corrected chi connectivity index (χ3v) is 5.84. The number of rotatable bonds is 5. The van der Waals surface area contributed by atoms with E-state index in [0.717, 1.165) is 23.0 Å². The van der Waals surface area contributed by atoms with E-state index in [1.54, 1.807) is 0 Å². The Morgan fingerprint density at radius 1 is 1.05 bits per heavy atom. The van der Waals surface area contributed by atoms with Gasteiger partial charge in [0.25, 0.3) is 0 Å². The Morgan fingerprint density at radius 3 is 2.43 bits per heavy atom. The summed E-state index contributed by atoms with van der Waals surface area (Å²) in [4.78, 5) is 0. The summed E-state index contributed by atoms with van der Waals surface area (Å²) < 4.78 is 0. The monoisotopic (exact) mass is 305 g/mol. The Morgan fingerprint density at radius 2 is 1.76 bits per heavy atom. The van der Waals surface area contributed by atoms with E-state index in [1.165, 1.54) is 56.9 Å². The second-order valence-corrected chi connectivity index (χ2v) is 7.47. The first-order chi connectivity index (χ1) is 10.3. The van der Waals surface area contributed by atoms with Gasteiger partial charge in [0.2, 0.25) is 0 Å². The number of hydrogen-bond acceptors (Lipinski definition) is 1. The molecule has 2 aliphatic carbocycles. The van der Waals surface area contributed by atoms with Gasteiger partial charge in [-0.15, -0.1) is 0 Å². The molecule has 0 atom stereocenters. The van der Waals surface area contributed by atoms with Crippen LogP contribution in [0.1, 0.15) is 69.8 Å². The molecule has 21 heavy (non-hydrogen) atoms. The van der Waals surface area contributed by atoms with Gasteiger partial charge in [0.05, 0.1) is 0 Å². The summed E-state index contributed by atoms with van der Waals surface area (Å²) in [6, 6.07) is 9.84. The van der Waals surface area contributed by atoms with E-state index < -0.39 is 0 Å². The van der Waals surface area contributed by atoms with Crippen LogP contribution in [0.5, 0.6) is 0 Å². The maximum atomic E-state index is 6.30. The lowest BCUT2D eigenvalue weighted by molar-refractivity contribution is 0.212. The first kappa shape index (κ1) is 15.4. The van der Waals surface area contributed by atoms with Gasteiger partial charge in [-0.1, -0.05) is 49.6 Å². The number of benzene rings is 1. The zero-order chi connectivity index (χ0) is 14.7. The first-order valence-electron chi connectivity index (χ1n) is 8.76. The molecule has 2 saturated carbocycles. The number of nitrogens with one attached hydrogen (secondary N) is 1. The average Bonchev–Trinajstić information content (AvgIpc) is 2.46. The predicted molar refractivity (Wildman–Crippen MR) is 91.0 cm³/mol. The quantitative estimate of drug-likeness (QED) is 0.753. The van der Waals surface area contributed by atoms with Gasteiger partial charge in [0.15, 0.2) is 0 Å². The highest BCUT2D eigenvalue weighted by atomic mass is 35.5. The lowest BCUT2D eigenvalue weighted by atomic mass is 9.74. The molecule has 0 heterocycles. The summed E-state index contributed by atoms with van der Waals surface area (Å²) in [5, 5.41) is 4.84. The maximum absolute atomic E-state index is 6.30. The van der Waals surface area contributed by atoms with Crippen LogP contribution in [-0.4, -0.2) is 12.1 Å². The molecule has 1 aromatic carbocycles. The zero-order valence-electron chi connectivity index (χ0n) is 13.2. The van der Waals surface area contributed by atoms with Crippen LogP contribution in [0, 0.1) is 5.92 Å². The van der Waals surface area contributed by atoms with Crippen molar-refractivity contribution in [3.8, 4) is 0 Å². The minimum absolute atomic E-state index is 0.674. The maximum Gasteiger partial charge on any atom is 0.0440 e. The van der Waals surface area contributed by atoms with E-state index in [9.17, 15) is 0 Å². The molecule has 0 unspecified atom stereocenters. The largest absolute Gasteiger partial charge is 0.311 e. The van der Waals surface area contributed by atoms with Crippen LogP contribution in [0.2, 0.25) is 5.02 Å². The highest BCUT2D eigenvalue weighted by Crippen LogP contribution is 2.40. The van der Waals surface area contributed by atoms with Crippen LogP contribution in [0.3, 0.4) is 0 Å². The van der Waals surface area contributed by atoms with Crippen molar-refractivity contribution in [3.63, 3.8) is 0 Å². The standard InChI is InChI=1S/C19H28ClN/c1-2-5-14-8-10-16(11-9-14)21-17-12-15(13-17)18-6-3-4-7-19(18)20/h3-4,6-7,14-17,21H,2,5,8-13H2,1H3. The Hall–Kier alpha value is -0.530. The van der Waals surface area contributed by atoms with Gasteiger partial charge < -0.3 is 5.32 Å². The molecule has 116 valence electrons. The summed E-state index contributed by atoms with van der Waals surface area (Å²) >= 11 is 6.30. The Kier molecular flexibility index (Phi) is 5.24. The highest BCUT2D eigenvalue weighted by molar-refractivity contribution is 6.31. The molecule has 2 fully saturated rings. The minimum Gasteiger partial charge on any atom is -0.311 e. The fourth-order valence-electron chi connectivity index (χ4n) is 4.17. The molecule has 0 amide bonds. The van der Waals surface area contributed by atoms with Crippen molar-refractivity contribution >= 4 is 11.6 Å². The molecule has 1 aromatic rings. The van der Waals surface area contributed by atoms with E-state index in [4.69, 9.17) is 11.6 Å². The van der Waals surface area contributed by atoms with E-state index in [2.05, 4.69) is 24.4 Å². The van der Waals surface area contributed by atoms with Gasteiger partial charge in [-0.3, -0.25) is 0 Å². The molecular weight excluding hydrogens is 278 g/mol. The van der Waals surface area contributed by atoms with Crippen LogP contribution in [-0.2, 0) is 0 Å². The molecule has 0 spiro atoms. The minimum atomic E-state index is 0.674. The van der Waals surface area contributed by atoms with Gasteiger partial charge in [0.1, 0.15) is 0 Å². The second-order valence-electron chi connectivity index (χ2n) is 7.06. The summed E-state index contributed by atoms with van der Waals surface area (Å²) in [6.07, 6.45) is 11.0. The fourth-order valence-corrected chi connectivity index (χ4v) is 4.46. The highest BCUT2D eigenvalue weighted by Gasteiger charge is 2.33. The normalized spacial score (nSPS) is 32.7. The Labute approximate surface area is 134 Å². The molecular formula is C19H28ClN. The molecule has 1 N–H and O–H groups in total. The summed E-state index contributed by atoms with van der Waals surface area (Å²) in [5.74, 6) is 1.68. The summed E-state index contributed by atoms with van der Waals surface area (Å²) in [6.45, 7) is 2.31. The van der Waals surface area contributed by atoms with Crippen molar-refractivity contribution in [1.82, 2.24) is 5.32 Å². The third kappa shape index (κ3) is 3.81. The van der Waals surface area contributed by atoms with Crippen molar-refractivity contribution < 1.29 is 0 Å². The van der Waals surface area contributed by atoms with Crippen molar-refractivity contribution in [3.05, 3.63) is 34.9 Å². The smallest absolute Gasteiger partial charge is 0.0440 e. The van der Waals surface area contributed by atoms with Gasteiger partial charge in [-0.25, -0.2) is 0 Å². The number of halogens is 1. The molecule has 2 aliphatic rings. The van der Waals surface area contributed by atoms with Crippen LogP contribution >= 0.6 is 11.6 Å². The molecule has 0 radical (unpaired) electrons. The molecule has 0 saturated heterocycles. The lowest BCUT2D eigenvalue weighted by Gasteiger charge is -2.40. The zero-order valence-corrected chi connectivity index (χ0v) is 13.9. The van der Waals surface area contributed by atoms with Crippen LogP contribution in [0.15, 0.2) is 24.3 Å². The second kappa shape index (κ2) is 7.15. The van der Waals surface area contributed by atoms with Gasteiger partial charge in [0, 0.05) is 17.1 Å². The summed E-state index contributed by atoms with van der Waals surface area (Å²) in [7, 11) is 0. The van der Waals surface area contributed by atoms with Crippen molar-refractivity contribution in [2.45, 2.75) is 76.3 Å². The van der Waals surface area contributed by atoms with Crippen LogP contribution in [0.4, 0.5) is 0 Å². The molecule has 0 aromatic heterocycles. The molecule has 3 rings (SSSR count). The van der Waals surface area contributed by atoms with E-state index in [-0.39, 0.29) is 0 Å². The Bertz CT molecular complexity index is 445. The van der Waals surface area contributed by atoms with E-state index in [1.807, 2.05) is 12.1 Å². The van der Waals surface area contributed by atoms with Crippen molar-refractivity contribution in [2.75, 3.05) is 0 Å². The van der Waals surface area contributed by atoms with Crippen LogP contribution < -0.4 is 5.32 Å². The molecule has 0 aliphatic heterocycles. The van der Waals surface area contributed by atoms with Gasteiger partial charge in [-0.2, -0.15) is 0 Å². The predicted octanol–water partition coefficient (Wildman–Crippen LogP) is 5.53. The van der Waals surface area contributed by atoms with Crippen molar-refractivity contribution in [2.24, 2.45) is 5.92 Å². The number of hydrogen-bond donors (Lipinski definition) is 1. The van der Waals surface area contributed by atoms with Crippen LogP contribution in [0.25, 0.3) is 0 Å². The van der Waals surface area contributed by atoms with Crippen molar-refractivity contribution in [1.29, 1.82) is 0 Å². The first-order valence-corrected chi connectivity index (χ1v) is 9.14. The van der Waals surface area contributed by atoms with Gasteiger partial charge in [-0.05, 0) is 62.0 Å². The van der Waals surface area contributed by atoms with E-state index in [0.29, 0.717) is 5.92 Å². The fraction of sp³-hybridized carbons (Fsp3) is 0.684. The molecule has 0 bridgehead atoms.